The lowest BCUT2D eigenvalue weighted by Gasteiger charge is -2.08. The molecule has 0 radical (unpaired) electrons. The van der Waals surface area contributed by atoms with Crippen LogP contribution in [0.4, 0.5) is 0 Å². The predicted octanol–water partition coefficient (Wildman–Crippen LogP) is 3.29. The molecule has 0 bridgehead atoms. The van der Waals surface area contributed by atoms with Crippen LogP contribution in [-0.2, 0) is 0 Å². The topological polar surface area (TPSA) is 44.1 Å². The molecule has 1 heterocycles. The molecule has 5 heteroatoms. The minimum atomic E-state index is -0.176. The average Bonchev–Trinajstić information content (AvgIpc) is 2.65. The third-order valence-electron chi connectivity index (χ3n) is 3.08. The van der Waals surface area contributed by atoms with E-state index in [9.17, 15) is 4.79 Å². The van der Waals surface area contributed by atoms with Gasteiger partial charge in [0.2, 0.25) is 0 Å². The summed E-state index contributed by atoms with van der Waals surface area (Å²) in [6, 6.07) is 7.43. The highest BCUT2D eigenvalue weighted by atomic mass is 79.9. The zero-order chi connectivity index (χ0) is 14.0. The van der Waals surface area contributed by atoms with Crippen LogP contribution in [0.1, 0.15) is 21.7 Å². The summed E-state index contributed by atoms with van der Waals surface area (Å²) in [4.78, 5) is 12.1. The third-order valence-corrected chi connectivity index (χ3v) is 3.73. The highest BCUT2D eigenvalue weighted by molar-refractivity contribution is 9.10. The van der Waals surface area contributed by atoms with E-state index in [2.05, 4.69) is 21.0 Å². The van der Waals surface area contributed by atoms with E-state index in [1.165, 1.54) is 4.68 Å². The number of halogens is 1. The SMILES string of the molecule is Cc1nn(C(=O)COc2ccccc2Br)c(C)c1C. The van der Waals surface area contributed by atoms with E-state index >= 15 is 0 Å². The van der Waals surface area contributed by atoms with Crippen LogP contribution in [-0.4, -0.2) is 22.3 Å². The molecule has 1 aromatic heterocycles. The number of hydrogen-bond donors (Lipinski definition) is 0. The molecule has 19 heavy (non-hydrogen) atoms. The van der Waals surface area contributed by atoms with E-state index in [-0.39, 0.29) is 12.5 Å². The number of benzene rings is 1. The Labute approximate surface area is 120 Å². The Kier molecular flexibility index (Phi) is 4.04. The predicted molar refractivity (Wildman–Crippen MR) is 76.7 cm³/mol. The Hall–Kier alpha value is -1.62. The standard InChI is InChI=1S/C14H15BrN2O2/c1-9-10(2)16-17(11(9)3)14(18)8-19-13-7-5-4-6-12(13)15/h4-7H,8H2,1-3H3. The van der Waals surface area contributed by atoms with Crippen LogP contribution in [0.5, 0.6) is 5.75 Å². The Morgan fingerprint density at radius 3 is 2.58 bits per heavy atom. The molecule has 2 aromatic rings. The van der Waals surface area contributed by atoms with Crippen molar-refractivity contribution in [1.82, 2.24) is 9.78 Å². The van der Waals surface area contributed by atoms with Crippen molar-refractivity contribution in [3.05, 3.63) is 45.7 Å². The van der Waals surface area contributed by atoms with Crippen molar-refractivity contribution >= 4 is 21.8 Å². The van der Waals surface area contributed by atoms with Crippen LogP contribution < -0.4 is 4.74 Å². The van der Waals surface area contributed by atoms with Gasteiger partial charge in [0.1, 0.15) is 5.75 Å². The fraction of sp³-hybridized carbons (Fsp3) is 0.286. The van der Waals surface area contributed by atoms with E-state index in [1.54, 1.807) is 0 Å². The molecule has 0 saturated heterocycles. The Morgan fingerprint density at radius 2 is 2.00 bits per heavy atom. The number of aromatic nitrogens is 2. The van der Waals surface area contributed by atoms with Crippen LogP contribution >= 0.6 is 15.9 Å². The maximum Gasteiger partial charge on any atom is 0.284 e. The molecule has 0 aliphatic carbocycles. The normalized spacial score (nSPS) is 10.5. The fourth-order valence-electron chi connectivity index (χ4n) is 1.73. The van der Waals surface area contributed by atoms with Gasteiger partial charge in [0, 0.05) is 5.69 Å². The first-order valence-corrected chi connectivity index (χ1v) is 6.73. The van der Waals surface area contributed by atoms with Gasteiger partial charge < -0.3 is 4.74 Å². The number of carbonyl (C=O) groups excluding carboxylic acids is 1. The van der Waals surface area contributed by atoms with Gasteiger partial charge in [-0.2, -0.15) is 5.10 Å². The lowest BCUT2D eigenvalue weighted by atomic mass is 10.2. The molecule has 0 saturated carbocycles. The average molecular weight is 323 g/mol. The zero-order valence-electron chi connectivity index (χ0n) is 11.1. The van der Waals surface area contributed by atoms with Gasteiger partial charge in [0.25, 0.3) is 5.91 Å². The van der Waals surface area contributed by atoms with Crippen LogP contribution in [0.15, 0.2) is 28.7 Å². The number of aryl methyl sites for hydroxylation is 1. The largest absolute Gasteiger partial charge is 0.483 e. The molecule has 0 unspecified atom stereocenters. The quantitative estimate of drug-likeness (QED) is 0.871. The number of rotatable bonds is 3. The number of carbonyl (C=O) groups is 1. The van der Waals surface area contributed by atoms with Crippen LogP contribution in [0.3, 0.4) is 0 Å². The Morgan fingerprint density at radius 1 is 1.32 bits per heavy atom. The molecule has 100 valence electrons. The molecule has 0 aliphatic rings. The van der Waals surface area contributed by atoms with Crippen molar-refractivity contribution in [2.24, 2.45) is 0 Å². The summed E-state index contributed by atoms with van der Waals surface area (Å²) in [5, 5.41) is 4.22. The van der Waals surface area contributed by atoms with Crippen molar-refractivity contribution < 1.29 is 9.53 Å². The number of ether oxygens (including phenoxy) is 1. The molecule has 0 fully saturated rings. The molecule has 0 N–H and O–H groups in total. The van der Waals surface area contributed by atoms with Gasteiger partial charge in [-0.25, -0.2) is 4.68 Å². The molecule has 0 amide bonds. The van der Waals surface area contributed by atoms with Crippen molar-refractivity contribution in [2.45, 2.75) is 20.8 Å². The van der Waals surface area contributed by atoms with Gasteiger partial charge in [0.15, 0.2) is 6.61 Å². The summed E-state index contributed by atoms with van der Waals surface area (Å²) in [5.74, 6) is 0.471. The van der Waals surface area contributed by atoms with E-state index in [4.69, 9.17) is 4.74 Å². The monoisotopic (exact) mass is 322 g/mol. The first-order valence-electron chi connectivity index (χ1n) is 5.94. The molecule has 1 aromatic carbocycles. The lowest BCUT2D eigenvalue weighted by Crippen LogP contribution is -2.21. The molecular formula is C14H15BrN2O2. The Bertz CT molecular complexity index is 620. The maximum absolute atomic E-state index is 12.1. The number of para-hydroxylation sites is 1. The van der Waals surface area contributed by atoms with Gasteiger partial charge in [-0.15, -0.1) is 0 Å². The highest BCUT2D eigenvalue weighted by Gasteiger charge is 2.14. The van der Waals surface area contributed by atoms with Gasteiger partial charge in [-0.1, -0.05) is 12.1 Å². The molecule has 2 rings (SSSR count). The maximum atomic E-state index is 12.1. The van der Waals surface area contributed by atoms with E-state index in [0.29, 0.717) is 5.75 Å². The summed E-state index contributed by atoms with van der Waals surface area (Å²) in [6.07, 6.45) is 0. The number of nitrogens with zero attached hydrogens (tertiary/aromatic N) is 2. The summed E-state index contributed by atoms with van der Waals surface area (Å²) in [5.41, 5.74) is 2.76. The highest BCUT2D eigenvalue weighted by Crippen LogP contribution is 2.23. The van der Waals surface area contributed by atoms with Crippen LogP contribution in [0.25, 0.3) is 0 Å². The second-order valence-electron chi connectivity index (χ2n) is 4.32. The van der Waals surface area contributed by atoms with Crippen LogP contribution in [0, 0.1) is 20.8 Å². The first kappa shape index (κ1) is 13.8. The minimum Gasteiger partial charge on any atom is -0.483 e. The molecule has 4 nitrogen and oxygen atoms in total. The Balaban J connectivity index is 2.10. The van der Waals surface area contributed by atoms with Gasteiger partial charge in [-0.05, 0) is 54.4 Å². The summed E-state index contributed by atoms with van der Waals surface area (Å²) in [6.45, 7) is 5.69. The summed E-state index contributed by atoms with van der Waals surface area (Å²) < 4.78 is 7.73. The van der Waals surface area contributed by atoms with Crippen molar-refractivity contribution in [2.75, 3.05) is 6.61 Å². The summed E-state index contributed by atoms with van der Waals surface area (Å²) in [7, 11) is 0. The molecule has 0 atom stereocenters. The molecular weight excluding hydrogens is 308 g/mol. The van der Waals surface area contributed by atoms with Crippen molar-refractivity contribution in [3.8, 4) is 5.75 Å². The van der Waals surface area contributed by atoms with Gasteiger partial charge in [-0.3, -0.25) is 4.79 Å². The second-order valence-corrected chi connectivity index (χ2v) is 5.17. The van der Waals surface area contributed by atoms with E-state index < -0.39 is 0 Å². The molecule has 0 spiro atoms. The van der Waals surface area contributed by atoms with Crippen molar-refractivity contribution in [1.29, 1.82) is 0 Å². The van der Waals surface area contributed by atoms with E-state index in [0.717, 1.165) is 21.4 Å². The summed E-state index contributed by atoms with van der Waals surface area (Å²) >= 11 is 3.37. The third kappa shape index (κ3) is 2.87. The fourth-order valence-corrected chi connectivity index (χ4v) is 2.13. The van der Waals surface area contributed by atoms with Gasteiger partial charge >= 0.3 is 0 Å². The number of hydrogen-bond acceptors (Lipinski definition) is 3. The van der Waals surface area contributed by atoms with E-state index in [1.807, 2.05) is 45.0 Å². The zero-order valence-corrected chi connectivity index (χ0v) is 12.7. The van der Waals surface area contributed by atoms with Crippen molar-refractivity contribution in [3.63, 3.8) is 0 Å². The molecule has 0 aliphatic heterocycles. The minimum absolute atomic E-state index is 0.0377. The second kappa shape index (κ2) is 5.57. The van der Waals surface area contributed by atoms with Gasteiger partial charge in [0.05, 0.1) is 10.2 Å². The first-order chi connectivity index (χ1) is 9.00. The van der Waals surface area contributed by atoms with Crippen LogP contribution in [0.2, 0.25) is 0 Å². The lowest BCUT2D eigenvalue weighted by molar-refractivity contribution is 0.0817. The smallest absolute Gasteiger partial charge is 0.284 e.